The van der Waals surface area contributed by atoms with Crippen molar-refractivity contribution in [3.8, 4) is 16.3 Å². The van der Waals surface area contributed by atoms with Gasteiger partial charge in [-0.25, -0.2) is 14.6 Å². The largest absolute Gasteiger partial charge is 0.482 e. The summed E-state index contributed by atoms with van der Waals surface area (Å²) < 4.78 is 11.2. The number of rotatable bonds is 5. The van der Waals surface area contributed by atoms with E-state index in [1.165, 1.54) is 30.6 Å². The summed E-state index contributed by atoms with van der Waals surface area (Å²) in [5, 5.41) is 6.60. The van der Waals surface area contributed by atoms with Gasteiger partial charge in [-0.15, -0.1) is 11.3 Å². The molecule has 1 aliphatic carbocycles. The molecule has 1 atom stereocenters. The van der Waals surface area contributed by atoms with Gasteiger partial charge >= 0.3 is 12.1 Å². The molecule has 2 aromatic rings. The summed E-state index contributed by atoms with van der Waals surface area (Å²) in [5.41, 5.74) is 1.11. The number of anilines is 2. The van der Waals surface area contributed by atoms with Crippen molar-refractivity contribution in [2.45, 2.75) is 71.4 Å². The summed E-state index contributed by atoms with van der Waals surface area (Å²) in [4.78, 5) is 46.8. The molecule has 1 saturated heterocycles. The van der Waals surface area contributed by atoms with E-state index in [-0.39, 0.29) is 30.7 Å². The van der Waals surface area contributed by atoms with Crippen molar-refractivity contribution in [2.75, 3.05) is 36.5 Å². The summed E-state index contributed by atoms with van der Waals surface area (Å²) >= 11 is 1.48. The maximum atomic E-state index is 12.8. The number of hydrogen-bond donors (Lipinski definition) is 2. The van der Waals surface area contributed by atoms with Crippen molar-refractivity contribution in [3.63, 3.8) is 0 Å². The zero-order chi connectivity index (χ0) is 27.7. The lowest BCUT2D eigenvalue weighted by Crippen LogP contribution is -2.51. The van der Waals surface area contributed by atoms with Gasteiger partial charge in [0.2, 0.25) is 0 Å². The van der Waals surface area contributed by atoms with Crippen molar-refractivity contribution >= 4 is 40.9 Å². The fraction of sp³-hybridized carbons (Fsp3) is 0.571. The number of fused-ring (bicyclic) bond motifs is 1. The first-order chi connectivity index (χ1) is 18.6. The fourth-order valence-corrected chi connectivity index (χ4v) is 5.89. The summed E-state index contributed by atoms with van der Waals surface area (Å²) in [7, 11) is 0. The zero-order valence-corrected chi connectivity index (χ0v) is 23.9. The number of carbonyl (C=O) groups excluding carboxylic acids is 3. The highest BCUT2D eigenvalue weighted by Gasteiger charge is 2.31. The molecule has 0 spiro atoms. The van der Waals surface area contributed by atoms with E-state index in [9.17, 15) is 14.4 Å². The molecular formula is C28H37N5O5S. The van der Waals surface area contributed by atoms with Gasteiger partial charge in [-0.05, 0) is 77.5 Å². The van der Waals surface area contributed by atoms with Crippen molar-refractivity contribution in [2.24, 2.45) is 5.92 Å². The van der Waals surface area contributed by atoms with Gasteiger partial charge in [-0.3, -0.25) is 10.1 Å². The van der Waals surface area contributed by atoms with E-state index in [0.717, 1.165) is 40.5 Å². The van der Waals surface area contributed by atoms with Crippen LogP contribution in [0.1, 0.15) is 57.8 Å². The lowest BCUT2D eigenvalue weighted by atomic mass is 9.85. The predicted octanol–water partition coefficient (Wildman–Crippen LogP) is 5.17. The van der Waals surface area contributed by atoms with Crippen LogP contribution in [0.15, 0.2) is 18.2 Å². The number of hydrogen-bond acceptors (Lipinski definition) is 7. The maximum Gasteiger partial charge on any atom is 0.410 e. The molecule has 4 amide bonds. The predicted molar refractivity (Wildman–Crippen MR) is 150 cm³/mol. The van der Waals surface area contributed by atoms with Gasteiger partial charge in [-0.1, -0.05) is 6.42 Å². The molecule has 39 heavy (non-hydrogen) atoms. The number of carbonyl (C=O) groups is 3. The first-order valence-electron chi connectivity index (χ1n) is 13.7. The van der Waals surface area contributed by atoms with Gasteiger partial charge in [0, 0.05) is 36.1 Å². The van der Waals surface area contributed by atoms with Crippen molar-refractivity contribution < 1.29 is 23.9 Å². The van der Waals surface area contributed by atoms with Crippen LogP contribution in [0.5, 0.6) is 5.75 Å². The second kappa shape index (κ2) is 11.0. The lowest BCUT2D eigenvalue weighted by molar-refractivity contribution is -0.121. The van der Waals surface area contributed by atoms with E-state index < -0.39 is 5.60 Å². The molecular weight excluding hydrogens is 518 g/mol. The Morgan fingerprint density at radius 1 is 1.21 bits per heavy atom. The SMILES string of the molecule is Cc1sc(-c2ccc3c(c2)OCC(=O)N3CC2CCC2)nc1NC(=O)N[C@H]1CCCN(C(=O)OC(C)(C)C)C1. The van der Waals surface area contributed by atoms with E-state index >= 15 is 0 Å². The first kappa shape index (κ1) is 27.2. The number of benzene rings is 1. The van der Waals surface area contributed by atoms with Crippen molar-refractivity contribution in [1.82, 2.24) is 15.2 Å². The monoisotopic (exact) mass is 555 g/mol. The molecule has 0 bridgehead atoms. The highest BCUT2D eigenvalue weighted by molar-refractivity contribution is 7.15. The molecule has 1 aromatic heterocycles. The van der Waals surface area contributed by atoms with Crippen LogP contribution in [-0.4, -0.2) is 65.8 Å². The van der Waals surface area contributed by atoms with Crippen LogP contribution in [0.3, 0.4) is 0 Å². The number of urea groups is 1. The summed E-state index contributed by atoms with van der Waals surface area (Å²) in [5.74, 6) is 1.73. The number of nitrogens with zero attached hydrogens (tertiary/aromatic N) is 3. The van der Waals surface area contributed by atoms with Gasteiger partial charge in [0.05, 0.1) is 5.69 Å². The van der Waals surface area contributed by atoms with E-state index in [1.807, 2.05) is 50.8 Å². The molecule has 1 saturated carbocycles. The van der Waals surface area contributed by atoms with Gasteiger partial charge in [0.25, 0.3) is 5.91 Å². The Kier molecular flexibility index (Phi) is 7.70. The van der Waals surface area contributed by atoms with E-state index in [0.29, 0.717) is 30.6 Å². The molecule has 0 unspecified atom stereocenters. The van der Waals surface area contributed by atoms with E-state index in [2.05, 4.69) is 15.6 Å². The second-order valence-corrected chi connectivity index (χ2v) is 12.8. The average Bonchev–Trinajstić information content (AvgIpc) is 3.21. The van der Waals surface area contributed by atoms with Crippen LogP contribution >= 0.6 is 11.3 Å². The van der Waals surface area contributed by atoms with Crippen LogP contribution < -0.4 is 20.3 Å². The molecule has 2 aliphatic heterocycles. The third-order valence-corrected chi connectivity index (χ3v) is 8.27. The number of aromatic nitrogens is 1. The Labute approximate surface area is 233 Å². The fourth-order valence-electron chi connectivity index (χ4n) is 5.02. The van der Waals surface area contributed by atoms with Crippen LogP contribution in [-0.2, 0) is 9.53 Å². The molecule has 2 N–H and O–H groups in total. The number of amides is 4. The van der Waals surface area contributed by atoms with Gasteiger partial charge in [0.1, 0.15) is 22.2 Å². The molecule has 2 fully saturated rings. The number of nitrogens with one attached hydrogen (secondary N) is 2. The molecule has 3 heterocycles. The Bertz CT molecular complexity index is 1250. The highest BCUT2D eigenvalue weighted by atomic mass is 32.1. The minimum atomic E-state index is -0.564. The minimum absolute atomic E-state index is 0.00285. The van der Waals surface area contributed by atoms with Crippen LogP contribution in [0.25, 0.3) is 10.6 Å². The maximum absolute atomic E-state index is 12.8. The quantitative estimate of drug-likeness (QED) is 0.527. The molecule has 5 rings (SSSR count). The standard InChI is InChI=1S/C28H37N5O5S/c1-17-24(31-26(35)29-20-9-6-12-32(15-20)27(36)38-28(2,3)4)30-25(39-17)19-10-11-21-22(13-19)37-16-23(34)33(21)14-18-7-5-8-18/h10-11,13,18,20H,5-9,12,14-16H2,1-4H3,(H2,29,31,35)/t20-/m0/s1. The number of ether oxygens (including phenoxy) is 2. The lowest BCUT2D eigenvalue weighted by Gasteiger charge is -2.35. The Morgan fingerprint density at radius 3 is 2.72 bits per heavy atom. The normalized spacial score (nSPS) is 19.6. The minimum Gasteiger partial charge on any atom is -0.482 e. The van der Waals surface area contributed by atoms with E-state index in [1.54, 1.807) is 4.90 Å². The second-order valence-electron chi connectivity index (χ2n) is 11.6. The summed E-state index contributed by atoms with van der Waals surface area (Å²) in [6.07, 6.45) is 4.78. The molecule has 210 valence electrons. The molecule has 10 nitrogen and oxygen atoms in total. The van der Waals surface area contributed by atoms with Gasteiger partial charge < -0.3 is 24.6 Å². The van der Waals surface area contributed by atoms with Crippen LogP contribution in [0.2, 0.25) is 0 Å². The van der Waals surface area contributed by atoms with Crippen molar-refractivity contribution in [3.05, 3.63) is 23.1 Å². The number of piperidine rings is 1. The Morgan fingerprint density at radius 2 is 2.00 bits per heavy atom. The van der Waals surface area contributed by atoms with Crippen molar-refractivity contribution in [1.29, 1.82) is 0 Å². The zero-order valence-electron chi connectivity index (χ0n) is 23.0. The topological polar surface area (TPSA) is 113 Å². The van der Waals surface area contributed by atoms with Crippen LogP contribution in [0.4, 0.5) is 21.1 Å². The highest BCUT2D eigenvalue weighted by Crippen LogP contribution is 2.40. The third-order valence-electron chi connectivity index (χ3n) is 7.25. The molecule has 3 aliphatic rings. The number of thiazole rings is 1. The Balaban J connectivity index is 1.21. The molecule has 11 heteroatoms. The summed E-state index contributed by atoms with van der Waals surface area (Å²) in [6.45, 7) is 9.22. The van der Waals surface area contributed by atoms with E-state index in [4.69, 9.17) is 9.47 Å². The smallest absolute Gasteiger partial charge is 0.410 e. The average molecular weight is 556 g/mol. The Hall–Kier alpha value is -3.34. The van der Waals surface area contributed by atoms with Crippen LogP contribution in [0, 0.1) is 12.8 Å². The summed E-state index contributed by atoms with van der Waals surface area (Å²) in [6, 6.07) is 5.27. The molecule has 0 radical (unpaired) electrons. The molecule has 1 aromatic carbocycles. The first-order valence-corrected chi connectivity index (χ1v) is 14.5. The van der Waals surface area contributed by atoms with Gasteiger partial charge in [0.15, 0.2) is 6.61 Å². The third kappa shape index (κ3) is 6.46. The number of likely N-dealkylation sites (tertiary alicyclic amines) is 1. The van der Waals surface area contributed by atoms with Gasteiger partial charge in [-0.2, -0.15) is 0 Å². The number of aryl methyl sites for hydroxylation is 1.